The molecule has 0 saturated carbocycles. The first-order chi connectivity index (χ1) is 7.07. The van der Waals surface area contributed by atoms with Crippen molar-refractivity contribution in [1.29, 1.82) is 0 Å². The van der Waals surface area contributed by atoms with Gasteiger partial charge in [-0.3, -0.25) is 0 Å². The van der Waals surface area contributed by atoms with E-state index in [4.69, 9.17) is 9.84 Å². The van der Waals surface area contributed by atoms with E-state index in [2.05, 4.69) is 31.9 Å². The minimum absolute atomic E-state index is 0.189. The number of carboxylic acid groups (broad SMARTS) is 1. The van der Waals surface area contributed by atoms with Crippen LogP contribution in [0.3, 0.4) is 0 Å². The highest BCUT2D eigenvalue weighted by Crippen LogP contribution is 2.36. The molecule has 0 aromatic heterocycles. The molecule has 0 aliphatic carbocycles. The van der Waals surface area contributed by atoms with Crippen LogP contribution >= 0.6 is 43.6 Å². The van der Waals surface area contributed by atoms with Gasteiger partial charge in [-0.05, 0) is 50.2 Å². The lowest BCUT2D eigenvalue weighted by molar-refractivity contribution is 0.0695. The summed E-state index contributed by atoms with van der Waals surface area (Å²) in [5.41, 5.74) is 0.189. The number of thioether (sulfide) groups is 1. The van der Waals surface area contributed by atoms with Crippen LogP contribution < -0.4 is 4.74 Å². The summed E-state index contributed by atoms with van der Waals surface area (Å²) < 4.78 is 6.60. The number of carboxylic acids is 1. The fourth-order valence-electron chi connectivity index (χ4n) is 0.948. The predicted octanol–water partition coefficient (Wildman–Crippen LogP) is 3.61. The standard InChI is InChI=1S/C9H8Br2O3S/c1-15-4-14-8-6(10)3-2-5(7(8)11)9(12)13/h2-3H,4H2,1H3,(H,12,13). The minimum atomic E-state index is -0.983. The van der Waals surface area contributed by atoms with Crippen molar-refractivity contribution < 1.29 is 14.6 Å². The molecule has 1 N–H and O–H groups in total. The van der Waals surface area contributed by atoms with Gasteiger partial charge in [0, 0.05) is 0 Å². The Kier molecular flexibility index (Phi) is 4.95. The van der Waals surface area contributed by atoms with E-state index in [1.54, 1.807) is 6.07 Å². The van der Waals surface area contributed by atoms with Gasteiger partial charge in [0.25, 0.3) is 0 Å². The first-order valence-corrected chi connectivity index (χ1v) is 6.89. The van der Waals surface area contributed by atoms with Gasteiger partial charge in [-0.15, -0.1) is 11.8 Å². The number of ether oxygens (including phenoxy) is 1. The van der Waals surface area contributed by atoms with Crippen molar-refractivity contribution in [1.82, 2.24) is 0 Å². The first-order valence-electron chi connectivity index (χ1n) is 3.91. The third-order valence-electron chi connectivity index (χ3n) is 1.60. The number of carbonyl (C=O) groups is 1. The van der Waals surface area contributed by atoms with Crippen molar-refractivity contribution in [3.05, 3.63) is 26.6 Å². The molecular formula is C9H8Br2O3S. The summed E-state index contributed by atoms with van der Waals surface area (Å²) in [5.74, 6) is 0.00733. The fourth-order valence-corrected chi connectivity index (χ4v) is 2.52. The van der Waals surface area contributed by atoms with Crippen molar-refractivity contribution in [2.45, 2.75) is 0 Å². The van der Waals surface area contributed by atoms with E-state index in [-0.39, 0.29) is 5.56 Å². The maximum Gasteiger partial charge on any atom is 0.336 e. The lowest BCUT2D eigenvalue weighted by Gasteiger charge is -2.10. The van der Waals surface area contributed by atoms with Crippen LogP contribution in [0.4, 0.5) is 0 Å². The minimum Gasteiger partial charge on any atom is -0.481 e. The quantitative estimate of drug-likeness (QED) is 0.838. The van der Waals surface area contributed by atoms with Crippen LogP contribution in [-0.4, -0.2) is 23.3 Å². The predicted molar refractivity (Wildman–Crippen MR) is 67.8 cm³/mol. The summed E-state index contributed by atoms with van der Waals surface area (Å²) in [6, 6.07) is 3.17. The van der Waals surface area contributed by atoms with Crippen LogP contribution in [-0.2, 0) is 0 Å². The Hall–Kier alpha value is -0.200. The zero-order valence-electron chi connectivity index (χ0n) is 7.79. The molecule has 0 aliphatic rings. The molecule has 0 saturated heterocycles. The summed E-state index contributed by atoms with van der Waals surface area (Å²) in [5, 5.41) is 8.90. The average molecular weight is 356 g/mol. The van der Waals surface area contributed by atoms with E-state index < -0.39 is 5.97 Å². The summed E-state index contributed by atoms with van der Waals surface area (Å²) in [4.78, 5) is 10.9. The molecule has 1 rings (SSSR count). The number of rotatable bonds is 4. The second kappa shape index (κ2) is 5.77. The lowest BCUT2D eigenvalue weighted by atomic mass is 10.2. The van der Waals surface area contributed by atoms with Crippen molar-refractivity contribution in [3.8, 4) is 5.75 Å². The Bertz CT molecular complexity index is 382. The Morgan fingerprint density at radius 1 is 1.53 bits per heavy atom. The SMILES string of the molecule is CSCOc1c(Br)ccc(C(=O)O)c1Br. The monoisotopic (exact) mass is 354 g/mol. The van der Waals surface area contributed by atoms with Crippen molar-refractivity contribution >= 4 is 49.6 Å². The molecule has 0 fully saturated rings. The van der Waals surface area contributed by atoms with Gasteiger partial charge in [-0.1, -0.05) is 0 Å². The Balaban J connectivity index is 3.12. The van der Waals surface area contributed by atoms with Crippen LogP contribution in [0, 0.1) is 0 Å². The fraction of sp³-hybridized carbons (Fsp3) is 0.222. The summed E-state index contributed by atoms with van der Waals surface area (Å²) in [6.07, 6.45) is 1.91. The summed E-state index contributed by atoms with van der Waals surface area (Å²) >= 11 is 8.04. The lowest BCUT2D eigenvalue weighted by Crippen LogP contribution is -2.01. The molecule has 1 aromatic rings. The third kappa shape index (κ3) is 3.12. The molecule has 0 spiro atoms. The molecule has 0 bridgehead atoms. The van der Waals surface area contributed by atoms with Gasteiger partial charge < -0.3 is 9.84 Å². The first kappa shape index (κ1) is 12.9. The van der Waals surface area contributed by atoms with E-state index in [0.29, 0.717) is 16.2 Å². The van der Waals surface area contributed by atoms with Gasteiger partial charge in [-0.25, -0.2) is 4.79 Å². The molecule has 3 nitrogen and oxygen atoms in total. The van der Waals surface area contributed by atoms with Crippen LogP contribution in [0.2, 0.25) is 0 Å². The zero-order valence-corrected chi connectivity index (χ0v) is 11.8. The average Bonchev–Trinajstić information content (AvgIpc) is 2.17. The second-order valence-electron chi connectivity index (χ2n) is 2.59. The van der Waals surface area contributed by atoms with E-state index in [9.17, 15) is 4.79 Å². The normalized spacial score (nSPS) is 10.1. The highest BCUT2D eigenvalue weighted by atomic mass is 79.9. The number of halogens is 2. The smallest absolute Gasteiger partial charge is 0.336 e. The van der Waals surface area contributed by atoms with Crippen LogP contribution in [0.25, 0.3) is 0 Å². The number of hydrogen-bond donors (Lipinski definition) is 1. The largest absolute Gasteiger partial charge is 0.481 e. The van der Waals surface area contributed by atoms with Gasteiger partial charge in [0.1, 0.15) is 11.7 Å². The maximum atomic E-state index is 10.9. The molecule has 0 radical (unpaired) electrons. The number of aromatic carboxylic acids is 1. The van der Waals surface area contributed by atoms with Crippen molar-refractivity contribution in [3.63, 3.8) is 0 Å². The van der Waals surface area contributed by atoms with Crippen molar-refractivity contribution in [2.75, 3.05) is 12.2 Å². The van der Waals surface area contributed by atoms with Gasteiger partial charge in [0.15, 0.2) is 0 Å². The van der Waals surface area contributed by atoms with Gasteiger partial charge >= 0.3 is 5.97 Å². The van der Waals surface area contributed by atoms with Gasteiger partial charge in [0.2, 0.25) is 0 Å². The van der Waals surface area contributed by atoms with Gasteiger partial charge in [-0.2, -0.15) is 0 Å². The highest BCUT2D eigenvalue weighted by molar-refractivity contribution is 9.11. The van der Waals surface area contributed by atoms with Crippen molar-refractivity contribution in [2.24, 2.45) is 0 Å². The molecule has 6 heteroatoms. The summed E-state index contributed by atoms with van der Waals surface area (Å²) in [7, 11) is 0. The molecule has 15 heavy (non-hydrogen) atoms. The maximum absolute atomic E-state index is 10.9. The van der Waals surface area contributed by atoms with E-state index in [1.165, 1.54) is 17.8 Å². The molecule has 82 valence electrons. The highest BCUT2D eigenvalue weighted by Gasteiger charge is 2.15. The molecule has 0 unspecified atom stereocenters. The van der Waals surface area contributed by atoms with E-state index in [1.807, 2.05) is 6.26 Å². The number of benzene rings is 1. The molecule has 0 aliphatic heterocycles. The molecule has 0 atom stereocenters. The molecule has 0 amide bonds. The topological polar surface area (TPSA) is 46.5 Å². The number of hydrogen-bond acceptors (Lipinski definition) is 3. The van der Waals surface area contributed by atoms with Crippen LogP contribution in [0.15, 0.2) is 21.1 Å². The zero-order chi connectivity index (χ0) is 11.4. The second-order valence-corrected chi connectivity index (χ2v) is 5.05. The third-order valence-corrected chi connectivity index (χ3v) is 3.37. The van der Waals surface area contributed by atoms with Crippen LogP contribution in [0.1, 0.15) is 10.4 Å². The Morgan fingerprint density at radius 2 is 2.20 bits per heavy atom. The molecular weight excluding hydrogens is 348 g/mol. The Labute approximate surface area is 108 Å². The van der Waals surface area contributed by atoms with Gasteiger partial charge in [0.05, 0.1) is 14.5 Å². The molecule has 1 aromatic carbocycles. The summed E-state index contributed by atoms with van der Waals surface area (Å²) in [6.45, 7) is 0. The van der Waals surface area contributed by atoms with E-state index in [0.717, 1.165) is 4.47 Å². The van der Waals surface area contributed by atoms with Crippen LogP contribution in [0.5, 0.6) is 5.75 Å². The van der Waals surface area contributed by atoms with E-state index >= 15 is 0 Å². The Morgan fingerprint density at radius 3 is 2.73 bits per heavy atom. The molecule has 0 heterocycles.